The molecule has 0 atom stereocenters. The van der Waals surface area contributed by atoms with Crippen molar-refractivity contribution in [2.75, 3.05) is 38.3 Å². The molecule has 0 aromatic heterocycles. The maximum absolute atomic E-state index is 12.3. The summed E-state index contributed by atoms with van der Waals surface area (Å²) < 4.78 is 6.40. The van der Waals surface area contributed by atoms with Crippen molar-refractivity contribution < 1.29 is 9.53 Å². The van der Waals surface area contributed by atoms with E-state index in [2.05, 4.69) is 50.4 Å². The van der Waals surface area contributed by atoms with E-state index in [1.165, 1.54) is 5.69 Å². The van der Waals surface area contributed by atoms with Crippen molar-refractivity contribution in [2.24, 2.45) is 0 Å². The summed E-state index contributed by atoms with van der Waals surface area (Å²) in [5, 5.41) is 2.95. The van der Waals surface area contributed by atoms with E-state index in [9.17, 15) is 4.79 Å². The fraction of sp³-hybridized carbons (Fsp3) is 0.350. The summed E-state index contributed by atoms with van der Waals surface area (Å²) in [7, 11) is 1.81. The topological polar surface area (TPSA) is 44.8 Å². The van der Waals surface area contributed by atoms with Crippen molar-refractivity contribution >= 4 is 27.6 Å². The van der Waals surface area contributed by atoms with Gasteiger partial charge in [-0.2, -0.15) is 0 Å². The van der Waals surface area contributed by atoms with Gasteiger partial charge in [0.25, 0.3) is 0 Å². The number of carbonyl (C=O) groups excluding carboxylic acids is 1. The summed E-state index contributed by atoms with van der Waals surface area (Å²) in [4.78, 5) is 16.3. The zero-order chi connectivity index (χ0) is 18.4. The predicted octanol–water partition coefficient (Wildman–Crippen LogP) is 3.63. The Bertz CT molecular complexity index is 730. The summed E-state index contributed by atoms with van der Waals surface area (Å²) in [5.41, 5.74) is 3.39. The lowest BCUT2D eigenvalue weighted by Gasteiger charge is -2.29. The maximum atomic E-state index is 12.3. The van der Waals surface area contributed by atoms with Crippen molar-refractivity contribution in [1.29, 1.82) is 0 Å². The van der Waals surface area contributed by atoms with Crippen LogP contribution in [0.3, 0.4) is 0 Å². The smallest absolute Gasteiger partial charge is 0.317 e. The first kappa shape index (κ1) is 18.7. The molecule has 5 nitrogen and oxygen atoms in total. The van der Waals surface area contributed by atoms with E-state index in [1.807, 2.05) is 31.3 Å². The van der Waals surface area contributed by atoms with Crippen molar-refractivity contribution in [3.63, 3.8) is 0 Å². The first-order valence-electron chi connectivity index (χ1n) is 8.77. The van der Waals surface area contributed by atoms with Crippen LogP contribution in [0.2, 0.25) is 0 Å². The van der Waals surface area contributed by atoms with Gasteiger partial charge in [-0.1, -0.05) is 40.2 Å². The standard InChI is InChI=1S/C20H24BrN3O2/c1-23(20(25)22-14-17-3-2-4-18(21)13-17)15-16-5-7-19(8-6-16)24-9-11-26-12-10-24/h2-8,13H,9-12,14-15H2,1H3,(H,22,25). The second kappa shape index (κ2) is 9.05. The van der Waals surface area contributed by atoms with E-state index in [4.69, 9.17) is 4.74 Å². The molecule has 2 aromatic carbocycles. The van der Waals surface area contributed by atoms with Gasteiger partial charge in [-0.05, 0) is 35.4 Å². The Morgan fingerprint density at radius 3 is 2.58 bits per heavy atom. The number of hydrogen-bond acceptors (Lipinski definition) is 3. The van der Waals surface area contributed by atoms with Crippen LogP contribution >= 0.6 is 15.9 Å². The molecular formula is C20H24BrN3O2. The lowest BCUT2D eigenvalue weighted by molar-refractivity contribution is 0.122. The van der Waals surface area contributed by atoms with Gasteiger partial charge in [0.15, 0.2) is 0 Å². The Morgan fingerprint density at radius 2 is 1.88 bits per heavy atom. The molecule has 1 aliphatic heterocycles. The highest BCUT2D eigenvalue weighted by Gasteiger charge is 2.12. The zero-order valence-electron chi connectivity index (χ0n) is 15.0. The molecule has 1 fully saturated rings. The molecular weight excluding hydrogens is 394 g/mol. The summed E-state index contributed by atoms with van der Waals surface area (Å²) in [6.45, 7) is 4.51. The average Bonchev–Trinajstić information content (AvgIpc) is 2.67. The Kier molecular flexibility index (Phi) is 6.52. The van der Waals surface area contributed by atoms with Crippen molar-refractivity contribution in [1.82, 2.24) is 10.2 Å². The Morgan fingerprint density at radius 1 is 1.15 bits per heavy atom. The number of anilines is 1. The van der Waals surface area contributed by atoms with E-state index < -0.39 is 0 Å². The summed E-state index contributed by atoms with van der Waals surface area (Å²) in [6, 6.07) is 16.3. The van der Waals surface area contributed by atoms with Crippen LogP contribution in [0.4, 0.5) is 10.5 Å². The fourth-order valence-electron chi connectivity index (χ4n) is 2.94. The minimum absolute atomic E-state index is 0.0813. The number of amides is 2. The molecule has 1 heterocycles. The number of hydrogen-bond donors (Lipinski definition) is 1. The number of carbonyl (C=O) groups is 1. The third-order valence-electron chi connectivity index (χ3n) is 4.41. The average molecular weight is 418 g/mol. The molecule has 3 rings (SSSR count). The number of urea groups is 1. The van der Waals surface area contributed by atoms with Gasteiger partial charge in [0, 0.05) is 43.4 Å². The molecule has 138 valence electrons. The fourth-order valence-corrected chi connectivity index (χ4v) is 3.39. The number of nitrogens with one attached hydrogen (secondary N) is 1. The summed E-state index contributed by atoms with van der Waals surface area (Å²) in [6.07, 6.45) is 0. The van der Waals surface area contributed by atoms with Crippen molar-refractivity contribution in [3.05, 3.63) is 64.1 Å². The number of halogens is 1. The SMILES string of the molecule is CN(Cc1ccc(N2CCOCC2)cc1)C(=O)NCc1cccc(Br)c1. The predicted molar refractivity (Wildman–Crippen MR) is 107 cm³/mol. The Balaban J connectivity index is 1.50. The van der Waals surface area contributed by atoms with Crippen LogP contribution < -0.4 is 10.2 Å². The molecule has 1 N–H and O–H groups in total. The number of nitrogens with zero attached hydrogens (tertiary/aromatic N) is 2. The highest BCUT2D eigenvalue weighted by Crippen LogP contribution is 2.17. The molecule has 2 amide bonds. The third-order valence-corrected chi connectivity index (χ3v) is 4.91. The minimum Gasteiger partial charge on any atom is -0.378 e. The van der Waals surface area contributed by atoms with Crippen LogP contribution in [-0.4, -0.2) is 44.3 Å². The Hall–Kier alpha value is -2.05. The summed E-state index contributed by atoms with van der Waals surface area (Å²) >= 11 is 3.44. The van der Waals surface area contributed by atoms with E-state index in [1.54, 1.807) is 4.90 Å². The largest absolute Gasteiger partial charge is 0.378 e. The summed E-state index contributed by atoms with van der Waals surface area (Å²) in [5.74, 6) is 0. The molecule has 2 aromatic rings. The Labute approximate surface area is 163 Å². The number of ether oxygens (including phenoxy) is 1. The van der Waals surface area contributed by atoms with Gasteiger partial charge in [0.1, 0.15) is 0 Å². The minimum atomic E-state index is -0.0813. The highest BCUT2D eigenvalue weighted by molar-refractivity contribution is 9.10. The molecule has 0 aliphatic carbocycles. The quantitative estimate of drug-likeness (QED) is 0.807. The molecule has 0 bridgehead atoms. The first-order chi connectivity index (χ1) is 12.6. The molecule has 1 aliphatic rings. The molecule has 0 spiro atoms. The van der Waals surface area contributed by atoms with Crippen LogP contribution in [0.1, 0.15) is 11.1 Å². The lowest BCUT2D eigenvalue weighted by atomic mass is 10.2. The molecule has 1 saturated heterocycles. The number of rotatable bonds is 5. The monoisotopic (exact) mass is 417 g/mol. The third kappa shape index (κ3) is 5.22. The van der Waals surface area contributed by atoms with Gasteiger partial charge in [0.05, 0.1) is 13.2 Å². The molecule has 0 saturated carbocycles. The zero-order valence-corrected chi connectivity index (χ0v) is 16.5. The van der Waals surface area contributed by atoms with Crippen molar-refractivity contribution in [3.8, 4) is 0 Å². The molecule has 6 heteroatoms. The van der Waals surface area contributed by atoms with Crippen LogP contribution in [0.15, 0.2) is 53.0 Å². The molecule has 0 radical (unpaired) electrons. The normalized spacial score (nSPS) is 14.2. The lowest BCUT2D eigenvalue weighted by Crippen LogP contribution is -2.36. The van der Waals surface area contributed by atoms with Crippen LogP contribution in [0.25, 0.3) is 0 Å². The van der Waals surface area contributed by atoms with E-state index in [0.717, 1.165) is 41.9 Å². The van der Waals surface area contributed by atoms with Gasteiger partial charge in [0.2, 0.25) is 0 Å². The first-order valence-corrected chi connectivity index (χ1v) is 9.56. The number of morpholine rings is 1. The van der Waals surface area contributed by atoms with E-state index in [-0.39, 0.29) is 6.03 Å². The van der Waals surface area contributed by atoms with E-state index in [0.29, 0.717) is 13.1 Å². The highest BCUT2D eigenvalue weighted by atomic mass is 79.9. The maximum Gasteiger partial charge on any atom is 0.317 e. The second-order valence-electron chi connectivity index (χ2n) is 6.41. The van der Waals surface area contributed by atoms with Gasteiger partial charge >= 0.3 is 6.03 Å². The van der Waals surface area contributed by atoms with Gasteiger partial charge in [-0.15, -0.1) is 0 Å². The molecule has 0 unspecified atom stereocenters. The van der Waals surface area contributed by atoms with Crippen molar-refractivity contribution in [2.45, 2.75) is 13.1 Å². The van der Waals surface area contributed by atoms with Crippen LogP contribution in [0.5, 0.6) is 0 Å². The number of benzene rings is 2. The van der Waals surface area contributed by atoms with Gasteiger partial charge in [-0.25, -0.2) is 4.79 Å². The molecule has 26 heavy (non-hydrogen) atoms. The van der Waals surface area contributed by atoms with E-state index >= 15 is 0 Å². The van der Waals surface area contributed by atoms with Gasteiger partial charge < -0.3 is 19.9 Å². The van der Waals surface area contributed by atoms with Crippen LogP contribution in [-0.2, 0) is 17.8 Å². The second-order valence-corrected chi connectivity index (χ2v) is 7.33. The van der Waals surface area contributed by atoms with Gasteiger partial charge in [-0.3, -0.25) is 0 Å². The van der Waals surface area contributed by atoms with Crippen LogP contribution in [0, 0.1) is 0 Å².